The lowest BCUT2D eigenvalue weighted by molar-refractivity contribution is 0.0951. The minimum atomic E-state index is -0.0381. The molecule has 5 heteroatoms. The second-order valence-electron chi connectivity index (χ2n) is 5.86. The second-order valence-corrected chi connectivity index (χ2v) is 5.86. The van der Waals surface area contributed by atoms with E-state index in [2.05, 4.69) is 22.0 Å². The summed E-state index contributed by atoms with van der Waals surface area (Å²) in [5.41, 5.74) is 6.95. The number of nitrogens with two attached hydrogens (primary N) is 1. The Kier molecular flexibility index (Phi) is 6.68. The van der Waals surface area contributed by atoms with Crippen LogP contribution in [0.3, 0.4) is 0 Å². The van der Waals surface area contributed by atoms with Gasteiger partial charge in [0, 0.05) is 44.0 Å². The SMILES string of the molecule is CCN1CCN(CCCCNC(=O)c2cccc(N)c2)CC1. The van der Waals surface area contributed by atoms with Crippen LogP contribution < -0.4 is 11.1 Å². The number of nitrogens with one attached hydrogen (secondary N) is 1. The van der Waals surface area contributed by atoms with Crippen LogP contribution in [0.2, 0.25) is 0 Å². The lowest BCUT2D eigenvalue weighted by atomic mass is 10.2. The molecule has 1 heterocycles. The van der Waals surface area contributed by atoms with Gasteiger partial charge in [-0.15, -0.1) is 0 Å². The summed E-state index contributed by atoms with van der Waals surface area (Å²) in [6, 6.07) is 7.09. The average Bonchev–Trinajstić information content (AvgIpc) is 2.55. The Balaban J connectivity index is 1.57. The van der Waals surface area contributed by atoms with Gasteiger partial charge >= 0.3 is 0 Å². The number of rotatable bonds is 7. The van der Waals surface area contributed by atoms with E-state index in [-0.39, 0.29) is 5.91 Å². The summed E-state index contributed by atoms with van der Waals surface area (Å²) in [7, 11) is 0. The maximum absolute atomic E-state index is 11.9. The van der Waals surface area contributed by atoms with Gasteiger partial charge in [-0.1, -0.05) is 13.0 Å². The molecule has 1 aromatic carbocycles. The fourth-order valence-corrected chi connectivity index (χ4v) is 2.77. The van der Waals surface area contributed by atoms with Crippen molar-refractivity contribution in [2.45, 2.75) is 19.8 Å². The number of hydrogen-bond donors (Lipinski definition) is 2. The third-order valence-electron chi connectivity index (χ3n) is 4.25. The highest BCUT2D eigenvalue weighted by Crippen LogP contribution is 2.06. The lowest BCUT2D eigenvalue weighted by Crippen LogP contribution is -2.46. The van der Waals surface area contributed by atoms with Crippen molar-refractivity contribution in [1.29, 1.82) is 0 Å². The van der Waals surface area contributed by atoms with Crippen LogP contribution in [0.15, 0.2) is 24.3 Å². The largest absolute Gasteiger partial charge is 0.399 e. The molecule has 122 valence electrons. The Morgan fingerprint density at radius 3 is 2.59 bits per heavy atom. The van der Waals surface area contributed by atoms with E-state index in [0.717, 1.165) is 32.5 Å². The van der Waals surface area contributed by atoms with Crippen molar-refractivity contribution in [3.8, 4) is 0 Å². The van der Waals surface area contributed by atoms with Crippen LogP contribution in [0.25, 0.3) is 0 Å². The third kappa shape index (κ3) is 5.31. The normalized spacial score (nSPS) is 16.6. The molecule has 0 aliphatic carbocycles. The van der Waals surface area contributed by atoms with Crippen molar-refractivity contribution in [3.63, 3.8) is 0 Å². The monoisotopic (exact) mass is 304 g/mol. The van der Waals surface area contributed by atoms with E-state index >= 15 is 0 Å². The number of carbonyl (C=O) groups is 1. The molecule has 5 nitrogen and oxygen atoms in total. The van der Waals surface area contributed by atoms with Gasteiger partial charge in [-0.05, 0) is 44.1 Å². The molecule has 0 bridgehead atoms. The Morgan fingerprint density at radius 2 is 1.91 bits per heavy atom. The number of nitrogen functional groups attached to an aromatic ring is 1. The first-order chi connectivity index (χ1) is 10.7. The summed E-state index contributed by atoms with van der Waals surface area (Å²) >= 11 is 0. The maximum atomic E-state index is 11.9. The molecule has 0 radical (unpaired) electrons. The van der Waals surface area contributed by atoms with E-state index in [1.807, 2.05) is 0 Å². The number of anilines is 1. The smallest absolute Gasteiger partial charge is 0.251 e. The topological polar surface area (TPSA) is 61.6 Å². The van der Waals surface area contributed by atoms with Crippen molar-refractivity contribution < 1.29 is 4.79 Å². The number of benzene rings is 1. The number of hydrogen-bond acceptors (Lipinski definition) is 4. The van der Waals surface area contributed by atoms with Crippen LogP contribution in [0.5, 0.6) is 0 Å². The van der Waals surface area contributed by atoms with Gasteiger partial charge in [0.2, 0.25) is 0 Å². The molecule has 1 saturated heterocycles. The van der Waals surface area contributed by atoms with Gasteiger partial charge in [0.1, 0.15) is 0 Å². The molecular weight excluding hydrogens is 276 g/mol. The molecule has 1 aliphatic rings. The highest BCUT2D eigenvalue weighted by Gasteiger charge is 2.14. The highest BCUT2D eigenvalue weighted by molar-refractivity contribution is 5.94. The molecule has 1 amide bonds. The van der Waals surface area contributed by atoms with Crippen molar-refractivity contribution in [2.24, 2.45) is 0 Å². The van der Waals surface area contributed by atoms with Gasteiger partial charge in [0.15, 0.2) is 0 Å². The van der Waals surface area contributed by atoms with E-state index in [9.17, 15) is 4.79 Å². The summed E-state index contributed by atoms with van der Waals surface area (Å²) in [6.07, 6.45) is 2.14. The van der Waals surface area contributed by atoms with Gasteiger partial charge in [-0.2, -0.15) is 0 Å². The van der Waals surface area contributed by atoms with Gasteiger partial charge in [-0.25, -0.2) is 0 Å². The number of carbonyl (C=O) groups excluding carboxylic acids is 1. The first-order valence-electron chi connectivity index (χ1n) is 8.27. The molecule has 1 aliphatic heterocycles. The summed E-state index contributed by atoms with van der Waals surface area (Å²) in [5, 5.41) is 2.96. The van der Waals surface area contributed by atoms with Crippen molar-refractivity contribution in [3.05, 3.63) is 29.8 Å². The van der Waals surface area contributed by atoms with Crippen LogP contribution in [0.1, 0.15) is 30.1 Å². The Labute approximate surface area is 133 Å². The van der Waals surface area contributed by atoms with Gasteiger partial charge in [0.05, 0.1) is 0 Å². The first kappa shape index (κ1) is 16.8. The average molecular weight is 304 g/mol. The second kappa shape index (κ2) is 8.76. The minimum Gasteiger partial charge on any atom is -0.399 e. The van der Waals surface area contributed by atoms with E-state index in [1.165, 1.54) is 26.2 Å². The van der Waals surface area contributed by atoms with Gasteiger partial charge < -0.3 is 20.9 Å². The van der Waals surface area contributed by atoms with Gasteiger partial charge in [-0.3, -0.25) is 4.79 Å². The van der Waals surface area contributed by atoms with Crippen LogP contribution >= 0.6 is 0 Å². The minimum absolute atomic E-state index is 0.0381. The quantitative estimate of drug-likeness (QED) is 0.591. The van der Waals surface area contributed by atoms with Crippen LogP contribution in [-0.2, 0) is 0 Å². The number of likely N-dealkylation sites (N-methyl/N-ethyl adjacent to an activating group) is 1. The molecule has 1 fully saturated rings. The standard InChI is InChI=1S/C17H28N4O/c1-2-20-10-12-21(13-11-20)9-4-3-8-19-17(22)15-6-5-7-16(18)14-15/h5-7,14H,2-4,8-13,18H2,1H3,(H,19,22). The third-order valence-corrected chi connectivity index (χ3v) is 4.25. The molecular formula is C17H28N4O. The van der Waals surface area contributed by atoms with Crippen molar-refractivity contribution in [2.75, 3.05) is 51.5 Å². The zero-order valence-corrected chi connectivity index (χ0v) is 13.6. The zero-order chi connectivity index (χ0) is 15.8. The fraction of sp³-hybridized carbons (Fsp3) is 0.588. The van der Waals surface area contributed by atoms with Crippen LogP contribution in [-0.4, -0.2) is 61.5 Å². The summed E-state index contributed by atoms with van der Waals surface area (Å²) in [4.78, 5) is 17.0. The molecule has 0 unspecified atom stereocenters. The predicted molar refractivity (Wildman–Crippen MR) is 91.0 cm³/mol. The molecule has 0 spiro atoms. The van der Waals surface area contributed by atoms with E-state index in [1.54, 1.807) is 24.3 Å². The Bertz CT molecular complexity index is 469. The maximum Gasteiger partial charge on any atom is 0.251 e. The molecule has 2 rings (SSSR count). The molecule has 22 heavy (non-hydrogen) atoms. The fourth-order valence-electron chi connectivity index (χ4n) is 2.77. The number of nitrogens with zero attached hydrogens (tertiary/aromatic N) is 2. The molecule has 0 saturated carbocycles. The van der Waals surface area contributed by atoms with Crippen LogP contribution in [0, 0.1) is 0 Å². The highest BCUT2D eigenvalue weighted by atomic mass is 16.1. The number of piperazine rings is 1. The molecule has 0 aromatic heterocycles. The van der Waals surface area contributed by atoms with E-state index in [4.69, 9.17) is 5.73 Å². The molecule has 3 N–H and O–H groups in total. The summed E-state index contributed by atoms with van der Waals surface area (Å²) in [6.45, 7) is 9.94. The van der Waals surface area contributed by atoms with E-state index in [0.29, 0.717) is 11.3 Å². The van der Waals surface area contributed by atoms with Crippen molar-refractivity contribution in [1.82, 2.24) is 15.1 Å². The van der Waals surface area contributed by atoms with Crippen LogP contribution in [0.4, 0.5) is 5.69 Å². The zero-order valence-electron chi connectivity index (χ0n) is 13.6. The predicted octanol–water partition coefficient (Wildman–Crippen LogP) is 1.42. The summed E-state index contributed by atoms with van der Waals surface area (Å²) in [5.74, 6) is -0.0381. The number of unbranched alkanes of at least 4 members (excludes halogenated alkanes) is 1. The Hall–Kier alpha value is -1.59. The first-order valence-corrected chi connectivity index (χ1v) is 8.27. The molecule has 1 aromatic rings. The summed E-state index contributed by atoms with van der Waals surface area (Å²) < 4.78 is 0. The molecule has 0 atom stereocenters. The Morgan fingerprint density at radius 1 is 1.18 bits per heavy atom. The van der Waals surface area contributed by atoms with E-state index < -0.39 is 0 Å². The lowest BCUT2D eigenvalue weighted by Gasteiger charge is -2.33. The van der Waals surface area contributed by atoms with Gasteiger partial charge in [0.25, 0.3) is 5.91 Å². The number of amides is 1. The van der Waals surface area contributed by atoms with Crippen molar-refractivity contribution >= 4 is 11.6 Å².